The minimum atomic E-state index is -0.632. The molecule has 0 spiro atoms. The van der Waals surface area contributed by atoms with Crippen molar-refractivity contribution in [2.24, 2.45) is 0 Å². The fourth-order valence-electron chi connectivity index (χ4n) is 1.74. The van der Waals surface area contributed by atoms with E-state index in [1.54, 1.807) is 14.0 Å². The van der Waals surface area contributed by atoms with Gasteiger partial charge in [0.1, 0.15) is 11.8 Å². The van der Waals surface area contributed by atoms with Crippen molar-refractivity contribution in [3.63, 3.8) is 0 Å². The Morgan fingerprint density at radius 2 is 1.85 bits per heavy atom. The molecule has 1 rings (SSSR count). The summed E-state index contributed by atoms with van der Waals surface area (Å²) in [6, 6.07) is 6.71. The summed E-state index contributed by atoms with van der Waals surface area (Å²) in [5.74, 6) is 0.139. The van der Waals surface area contributed by atoms with Crippen molar-refractivity contribution in [3.8, 4) is 5.75 Å². The molecule has 0 heterocycles. The molecular formula is C14H18BrNO4. The van der Waals surface area contributed by atoms with Crippen LogP contribution in [0.2, 0.25) is 0 Å². The molecule has 0 bridgehead atoms. The third-order valence-corrected chi connectivity index (χ3v) is 3.44. The van der Waals surface area contributed by atoms with Crippen LogP contribution in [-0.4, -0.2) is 42.4 Å². The molecule has 0 fully saturated rings. The third-order valence-electron chi connectivity index (χ3n) is 2.96. The zero-order valence-corrected chi connectivity index (χ0v) is 13.3. The molecule has 0 N–H and O–H groups in total. The molecule has 0 aliphatic carbocycles. The molecule has 1 atom stereocenters. The van der Waals surface area contributed by atoms with Gasteiger partial charge in [0.25, 0.3) is 0 Å². The molecule has 0 aliphatic heterocycles. The molecule has 0 unspecified atom stereocenters. The minimum Gasteiger partial charge on any atom is -0.497 e. The predicted molar refractivity (Wildman–Crippen MR) is 78.8 cm³/mol. The zero-order valence-electron chi connectivity index (χ0n) is 11.8. The monoisotopic (exact) mass is 343 g/mol. The van der Waals surface area contributed by atoms with Gasteiger partial charge in [0.2, 0.25) is 5.91 Å². The van der Waals surface area contributed by atoms with Gasteiger partial charge in [-0.3, -0.25) is 4.79 Å². The maximum atomic E-state index is 11.9. The Kier molecular flexibility index (Phi) is 6.51. The number of hydrogen-bond acceptors (Lipinski definition) is 4. The van der Waals surface area contributed by atoms with Crippen LogP contribution in [0, 0.1) is 0 Å². The van der Waals surface area contributed by atoms with Crippen molar-refractivity contribution in [3.05, 3.63) is 29.8 Å². The number of hydrogen-bond donors (Lipinski definition) is 0. The summed E-state index contributed by atoms with van der Waals surface area (Å²) in [6.45, 7) is 1.99. The maximum Gasteiger partial charge on any atom is 0.328 e. The molecule has 110 valence electrons. The minimum absolute atomic E-state index is 0.157. The largest absolute Gasteiger partial charge is 0.497 e. The third kappa shape index (κ3) is 4.23. The van der Waals surface area contributed by atoms with E-state index in [-0.39, 0.29) is 11.2 Å². The SMILES string of the molecule is COC(=O)[C@@H](C)N(Cc1ccc(OC)cc1)C(=O)CBr. The highest BCUT2D eigenvalue weighted by Crippen LogP contribution is 2.15. The van der Waals surface area contributed by atoms with Crippen LogP contribution >= 0.6 is 15.9 Å². The summed E-state index contributed by atoms with van der Waals surface area (Å²) in [7, 11) is 2.90. The Bertz CT molecular complexity index is 461. The van der Waals surface area contributed by atoms with E-state index in [2.05, 4.69) is 15.9 Å². The first-order chi connectivity index (χ1) is 9.53. The van der Waals surface area contributed by atoms with E-state index in [1.807, 2.05) is 24.3 Å². The van der Waals surface area contributed by atoms with E-state index in [1.165, 1.54) is 12.0 Å². The van der Waals surface area contributed by atoms with Crippen molar-refractivity contribution in [2.75, 3.05) is 19.5 Å². The van der Waals surface area contributed by atoms with Gasteiger partial charge < -0.3 is 14.4 Å². The molecule has 1 aromatic carbocycles. The summed E-state index contributed by atoms with van der Waals surface area (Å²) in [4.78, 5) is 25.0. The lowest BCUT2D eigenvalue weighted by molar-refractivity contribution is -0.151. The number of halogens is 1. The molecule has 1 amide bonds. The number of amides is 1. The molecule has 0 saturated heterocycles. The second kappa shape index (κ2) is 7.89. The molecule has 0 saturated carbocycles. The van der Waals surface area contributed by atoms with Crippen LogP contribution in [-0.2, 0) is 20.9 Å². The lowest BCUT2D eigenvalue weighted by atomic mass is 10.1. The van der Waals surface area contributed by atoms with Crippen LogP contribution in [0.25, 0.3) is 0 Å². The first-order valence-corrected chi connectivity index (χ1v) is 7.21. The van der Waals surface area contributed by atoms with Gasteiger partial charge in [0, 0.05) is 6.54 Å². The highest BCUT2D eigenvalue weighted by Gasteiger charge is 2.25. The van der Waals surface area contributed by atoms with Gasteiger partial charge in [-0.1, -0.05) is 28.1 Å². The standard InChI is InChI=1S/C14H18BrNO4/c1-10(14(18)20-3)16(13(17)8-15)9-11-4-6-12(19-2)7-5-11/h4-7,10H,8-9H2,1-3H3/t10-/m1/s1. The Morgan fingerprint density at radius 3 is 2.30 bits per heavy atom. The number of benzene rings is 1. The number of alkyl halides is 1. The van der Waals surface area contributed by atoms with Gasteiger partial charge >= 0.3 is 5.97 Å². The number of nitrogens with zero attached hydrogens (tertiary/aromatic N) is 1. The Morgan fingerprint density at radius 1 is 1.25 bits per heavy atom. The maximum absolute atomic E-state index is 11.9. The van der Waals surface area contributed by atoms with Crippen LogP contribution in [0.1, 0.15) is 12.5 Å². The van der Waals surface area contributed by atoms with E-state index >= 15 is 0 Å². The van der Waals surface area contributed by atoms with Crippen LogP contribution in [0.15, 0.2) is 24.3 Å². The fraction of sp³-hybridized carbons (Fsp3) is 0.429. The Balaban J connectivity index is 2.88. The fourth-order valence-corrected chi connectivity index (χ4v) is 2.07. The van der Waals surface area contributed by atoms with Crippen LogP contribution < -0.4 is 4.74 Å². The molecular weight excluding hydrogens is 326 g/mol. The van der Waals surface area contributed by atoms with Crippen molar-refractivity contribution >= 4 is 27.8 Å². The highest BCUT2D eigenvalue weighted by molar-refractivity contribution is 9.09. The average molecular weight is 344 g/mol. The number of ether oxygens (including phenoxy) is 2. The van der Waals surface area contributed by atoms with Crippen LogP contribution in [0.4, 0.5) is 0 Å². The van der Waals surface area contributed by atoms with Crippen molar-refractivity contribution < 1.29 is 19.1 Å². The van der Waals surface area contributed by atoms with E-state index in [9.17, 15) is 9.59 Å². The molecule has 5 nitrogen and oxygen atoms in total. The van der Waals surface area contributed by atoms with Gasteiger partial charge in [-0.25, -0.2) is 4.79 Å². The number of methoxy groups -OCH3 is 2. The number of carbonyl (C=O) groups is 2. The average Bonchev–Trinajstić information content (AvgIpc) is 2.50. The molecule has 0 aromatic heterocycles. The summed E-state index contributed by atoms with van der Waals surface area (Å²) in [5.41, 5.74) is 0.913. The Hall–Kier alpha value is -1.56. The predicted octanol–water partition coefficient (Wildman–Crippen LogP) is 1.98. The molecule has 0 aliphatic rings. The number of rotatable bonds is 6. The first-order valence-electron chi connectivity index (χ1n) is 6.09. The van der Waals surface area contributed by atoms with Crippen LogP contribution in [0.5, 0.6) is 5.75 Å². The summed E-state index contributed by atoms with van der Waals surface area (Å²) < 4.78 is 9.78. The lowest BCUT2D eigenvalue weighted by Gasteiger charge is -2.27. The number of esters is 1. The second-order valence-electron chi connectivity index (χ2n) is 4.20. The molecule has 6 heteroatoms. The van der Waals surface area contributed by atoms with Crippen molar-refractivity contribution in [1.82, 2.24) is 4.90 Å². The smallest absolute Gasteiger partial charge is 0.328 e. The Labute approximate surface area is 127 Å². The number of carbonyl (C=O) groups excluding carboxylic acids is 2. The van der Waals surface area contributed by atoms with Gasteiger partial charge in [-0.15, -0.1) is 0 Å². The normalized spacial score (nSPS) is 11.6. The van der Waals surface area contributed by atoms with Gasteiger partial charge in [-0.2, -0.15) is 0 Å². The molecule has 1 aromatic rings. The van der Waals surface area contributed by atoms with E-state index < -0.39 is 12.0 Å². The van der Waals surface area contributed by atoms with Crippen molar-refractivity contribution in [1.29, 1.82) is 0 Å². The van der Waals surface area contributed by atoms with Crippen LogP contribution in [0.3, 0.4) is 0 Å². The summed E-state index contributed by atoms with van der Waals surface area (Å²) in [5, 5.41) is 0.157. The first kappa shape index (κ1) is 16.5. The summed E-state index contributed by atoms with van der Waals surface area (Å²) in [6.07, 6.45) is 0. The summed E-state index contributed by atoms with van der Waals surface area (Å²) >= 11 is 3.13. The second-order valence-corrected chi connectivity index (χ2v) is 4.76. The van der Waals surface area contributed by atoms with Gasteiger partial charge in [-0.05, 0) is 24.6 Å². The van der Waals surface area contributed by atoms with Gasteiger partial charge in [0.15, 0.2) is 0 Å². The zero-order chi connectivity index (χ0) is 15.1. The van der Waals surface area contributed by atoms with Crippen molar-refractivity contribution in [2.45, 2.75) is 19.5 Å². The topological polar surface area (TPSA) is 55.8 Å². The molecule has 0 radical (unpaired) electrons. The van der Waals surface area contributed by atoms with Gasteiger partial charge in [0.05, 0.1) is 19.5 Å². The van der Waals surface area contributed by atoms with E-state index in [0.29, 0.717) is 6.54 Å². The van der Waals surface area contributed by atoms with E-state index in [0.717, 1.165) is 11.3 Å². The molecule has 20 heavy (non-hydrogen) atoms. The van der Waals surface area contributed by atoms with E-state index in [4.69, 9.17) is 9.47 Å². The lowest BCUT2D eigenvalue weighted by Crippen LogP contribution is -2.43. The highest BCUT2D eigenvalue weighted by atomic mass is 79.9. The quantitative estimate of drug-likeness (QED) is 0.585.